The molecule has 0 spiro atoms. The van der Waals surface area contributed by atoms with Gasteiger partial charge < -0.3 is 19.1 Å². The number of benzene rings is 2. The van der Waals surface area contributed by atoms with Gasteiger partial charge in [0.25, 0.3) is 0 Å². The minimum atomic E-state index is -4.23. The molecule has 1 saturated heterocycles. The van der Waals surface area contributed by atoms with Gasteiger partial charge in [-0.2, -0.15) is 8.42 Å². The van der Waals surface area contributed by atoms with Crippen molar-refractivity contribution in [2.75, 3.05) is 6.54 Å². The van der Waals surface area contributed by atoms with Crippen LogP contribution in [0.25, 0.3) is 0 Å². The fourth-order valence-corrected chi connectivity index (χ4v) is 4.01. The fourth-order valence-electron chi connectivity index (χ4n) is 3.06. The van der Waals surface area contributed by atoms with Gasteiger partial charge in [0.05, 0.1) is 5.56 Å². The van der Waals surface area contributed by atoms with E-state index in [4.69, 9.17) is 8.92 Å². The Bertz CT molecular complexity index is 1020. The van der Waals surface area contributed by atoms with Crippen molar-refractivity contribution in [3.8, 4) is 11.5 Å². The topological polar surface area (TPSA) is 130 Å². The molecule has 160 valence electrons. The molecule has 3 rings (SSSR count). The lowest BCUT2D eigenvalue weighted by atomic mass is 10.2. The zero-order chi connectivity index (χ0) is 21.7. The van der Waals surface area contributed by atoms with Gasteiger partial charge in [-0.25, -0.2) is 9.59 Å². The lowest BCUT2D eigenvalue weighted by Gasteiger charge is -2.26. The van der Waals surface area contributed by atoms with E-state index < -0.39 is 28.4 Å². The summed E-state index contributed by atoms with van der Waals surface area (Å²) in [7, 11) is -4.23. The lowest BCUT2D eigenvalue weighted by Crippen LogP contribution is -2.41. The number of rotatable bonds is 5. The Morgan fingerprint density at radius 3 is 2.37 bits per heavy atom. The summed E-state index contributed by atoms with van der Waals surface area (Å²) in [6, 6.07) is 10.5. The molecule has 0 aliphatic carbocycles. The number of carboxylic acid groups (broad SMARTS) is 1. The first-order valence-corrected chi connectivity index (χ1v) is 10.7. The lowest BCUT2D eigenvalue weighted by molar-refractivity contribution is -0.0243. The molecule has 0 radical (unpaired) electrons. The van der Waals surface area contributed by atoms with Crippen LogP contribution < -0.4 is 4.18 Å². The molecule has 10 heteroatoms. The molecule has 2 aromatic rings. The van der Waals surface area contributed by atoms with Gasteiger partial charge in [0.15, 0.2) is 17.7 Å². The number of aromatic hydroxyl groups is 1. The number of ether oxygens (including phenoxy) is 1. The number of esters is 1. The molecule has 0 saturated carbocycles. The first-order chi connectivity index (χ1) is 14.3. The van der Waals surface area contributed by atoms with Gasteiger partial charge in [0.1, 0.15) is 4.90 Å². The van der Waals surface area contributed by atoms with Crippen LogP contribution in [0.1, 0.15) is 36.0 Å². The van der Waals surface area contributed by atoms with E-state index in [9.17, 15) is 28.2 Å². The molecule has 2 N–H and O–H groups in total. The number of para-hydroxylation sites is 2. The summed E-state index contributed by atoms with van der Waals surface area (Å²) in [5, 5.41) is 19.0. The number of likely N-dealkylation sites (tertiary alicyclic amines) is 1. The largest absolute Gasteiger partial charge is 0.504 e. The summed E-state index contributed by atoms with van der Waals surface area (Å²) in [4.78, 5) is 24.7. The second kappa shape index (κ2) is 9.04. The summed E-state index contributed by atoms with van der Waals surface area (Å²) in [6.45, 7) is 0.286. The highest BCUT2D eigenvalue weighted by Crippen LogP contribution is 2.28. The Kier molecular flexibility index (Phi) is 6.46. The van der Waals surface area contributed by atoms with Crippen LogP contribution in [0.5, 0.6) is 11.5 Å². The average Bonchev–Trinajstić information content (AvgIpc) is 2.95. The molecule has 1 heterocycles. The highest BCUT2D eigenvalue weighted by molar-refractivity contribution is 7.87. The normalized spacial score (nSPS) is 17.1. The molecule has 1 fully saturated rings. The molecular formula is C20H21NO8S. The summed E-state index contributed by atoms with van der Waals surface area (Å²) in [5.74, 6) is -1.30. The zero-order valence-electron chi connectivity index (χ0n) is 15.9. The van der Waals surface area contributed by atoms with Crippen LogP contribution in [0, 0.1) is 0 Å². The summed E-state index contributed by atoms with van der Waals surface area (Å²) < 4.78 is 35.1. The number of hydrogen-bond acceptors (Lipinski definition) is 7. The first kappa shape index (κ1) is 21.4. The van der Waals surface area contributed by atoms with E-state index in [1.807, 2.05) is 0 Å². The third kappa shape index (κ3) is 5.01. The van der Waals surface area contributed by atoms with Gasteiger partial charge in [-0.1, -0.05) is 18.6 Å². The van der Waals surface area contributed by atoms with Crippen LogP contribution in [0.15, 0.2) is 53.4 Å². The predicted octanol–water partition coefficient (Wildman–Crippen LogP) is 3.20. The molecule has 1 aliphatic rings. The Balaban J connectivity index is 1.72. The summed E-state index contributed by atoms with van der Waals surface area (Å²) in [5.41, 5.74) is 0.0751. The van der Waals surface area contributed by atoms with Gasteiger partial charge in [-0.05, 0) is 49.2 Å². The van der Waals surface area contributed by atoms with Crippen molar-refractivity contribution in [2.24, 2.45) is 0 Å². The molecule has 9 nitrogen and oxygen atoms in total. The molecule has 1 amide bonds. The molecular weight excluding hydrogens is 414 g/mol. The Morgan fingerprint density at radius 1 is 1.00 bits per heavy atom. The van der Waals surface area contributed by atoms with Crippen molar-refractivity contribution in [2.45, 2.75) is 36.8 Å². The van der Waals surface area contributed by atoms with E-state index in [0.717, 1.165) is 17.7 Å². The number of carbonyl (C=O) groups is 2. The quantitative estimate of drug-likeness (QED) is 0.541. The van der Waals surface area contributed by atoms with Crippen molar-refractivity contribution in [1.29, 1.82) is 0 Å². The number of phenolic OH excluding ortho intramolecular Hbond substituents is 1. The van der Waals surface area contributed by atoms with Crippen LogP contribution in [-0.4, -0.2) is 48.4 Å². The molecule has 1 atom stereocenters. The summed E-state index contributed by atoms with van der Waals surface area (Å²) in [6.07, 6.45) is 0.648. The van der Waals surface area contributed by atoms with Gasteiger partial charge in [0, 0.05) is 13.0 Å². The van der Waals surface area contributed by atoms with Crippen LogP contribution >= 0.6 is 0 Å². The molecule has 2 aromatic carbocycles. The minimum absolute atomic E-state index is 0.0751. The van der Waals surface area contributed by atoms with Crippen molar-refractivity contribution in [3.05, 3.63) is 54.1 Å². The van der Waals surface area contributed by atoms with Gasteiger partial charge in [-0.15, -0.1) is 0 Å². The van der Waals surface area contributed by atoms with Crippen molar-refractivity contribution in [1.82, 2.24) is 4.90 Å². The molecule has 30 heavy (non-hydrogen) atoms. The maximum absolute atomic E-state index is 12.4. The zero-order valence-corrected chi connectivity index (χ0v) is 16.7. The smallest absolute Gasteiger partial charge is 0.410 e. The van der Waals surface area contributed by atoms with E-state index in [2.05, 4.69) is 0 Å². The second-order valence-electron chi connectivity index (χ2n) is 6.71. The van der Waals surface area contributed by atoms with Crippen LogP contribution in [-0.2, 0) is 14.9 Å². The number of carbonyl (C=O) groups excluding carboxylic acids is 1. The van der Waals surface area contributed by atoms with Crippen molar-refractivity contribution in [3.63, 3.8) is 0 Å². The number of amides is 1. The van der Waals surface area contributed by atoms with E-state index in [1.165, 1.54) is 48.5 Å². The number of nitrogens with zero attached hydrogens (tertiary/aromatic N) is 1. The van der Waals surface area contributed by atoms with E-state index in [0.29, 0.717) is 12.8 Å². The van der Waals surface area contributed by atoms with Crippen LogP contribution in [0.4, 0.5) is 4.79 Å². The highest BCUT2D eigenvalue weighted by Gasteiger charge is 2.28. The SMILES string of the molecule is O=C(OC1CCCCCN1C(=O)O)c1ccc(S(=O)(=O)Oc2ccccc2O)cc1. The standard InChI is InChI=1S/C20H21NO8S/c22-16-6-3-4-7-17(16)29-30(26,27)15-11-9-14(10-12-15)19(23)28-18-8-2-1-5-13-21(18)20(24)25/h3-4,6-7,9-12,18,22H,1-2,5,8,13H2,(H,24,25). The summed E-state index contributed by atoms with van der Waals surface area (Å²) >= 11 is 0. The van der Waals surface area contributed by atoms with Crippen molar-refractivity contribution >= 4 is 22.2 Å². The molecule has 0 aromatic heterocycles. The number of hydrogen-bond donors (Lipinski definition) is 2. The maximum Gasteiger partial charge on any atom is 0.410 e. The fraction of sp³-hybridized carbons (Fsp3) is 0.300. The predicted molar refractivity (Wildman–Crippen MR) is 105 cm³/mol. The van der Waals surface area contributed by atoms with E-state index in [-0.39, 0.29) is 28.5 Å². The Hall–Kier alpha value is -3.27. The third-order valence-electron chi connectivity index (χ3n) is 4.63. The van der Waals surface area contributed by atoms with Gasteiger partial charge in [0.2, 0.25) is 0 Å². The van der Waals surface area contributed by atoms with Crippen LogP contribution in [0.2, 0.25) is 0 Å². The van der Waals surface area contributed by atoms with E-state index >= 15 is 0 Å². The second-order valence-corrected chi connectivity index (χ2v) is 8.26. The molecule has 1 unspecified atom stereocenters. The average molecular weight is 435 g/mol. The molecule has 1 aliphatic heterocycles. The van der Waals surface area contributed by atoms with E-state index in [1.54, 1.807) is 0 Å². The Morgan fingerprint density at radius 2 is 1.70 bits per heavy atom. The Labute approximate surface area is 173 Å². The monoisotopic (exact) mass is 435 g/mol. The van der Waals surface area contributed by atoms with Crippen LogP contribution in [0.3, 0.4) is 0 Å². The first-order valence-electron chi connectivity index (χ1n) is 9.31. The minimum Gasteiger partial charge on any atom is -0.504 e. The van der Waals surface area contributed by atoms with Gasteiger partial charge >= 0.3 is 22.2 Å². The highest BCUT2D eigenvalue weighted by atomic mass is 32.2. The third-order valence-corrected chi connectivity index (χ3v) is 5.88. The maximum atomic E-state index is 12.4. The number of phenols is 1. The van der Waals surface area contributed by atoms with Crippen molar-refractivity contribution < 1.29 is 37.1 Å². The molecule has 0 bridgehead atoms. The van der Waals surface area contributed by atoms with Gasteiger partial charge in [-0.3, -0.25) is 4.90 Å².